The zero-order valence-electron chi connectivity index (χ0n) is 32.4. The summed E-state index contributed by atoms with van der Waals surface area (Å²) in [5, 5.41) is 0. The van der Waals surface area contributed by atoms with Crippen molar-refractivity contribution in [2.75, 3.05) is 24.4 Å². The number of ether oxygens (including phenoxy) is 1. The number of halogens is 4. The first kappa shape index (κ1) is 41.3. The molecule has 0 bridgehead atoms. The van der Waals surface area contributed by atoms with Gasteiger partial charge in [0.15, 0.2) is 33.9 Å². The van der Waals surface area contributed by atoms with Crippen molar-refractivity contribution in [1.82, 2.24) is 0 Å². The highest BCUT2D eigenvalue weighted by Gasteiger charge is 2.43. The van der Waals surface area contributed by atoms with Gasteiger partial charge in [-0.1, -0.05) is 63.5 Å². The van der Waals surface area contributed by atoms with E-state index in [9.17, 15) is 17.8 Å². The lowest BCUT2D eigenvalue weighted by Gasteiger charge is -2.38. The molecule has 3 saturated carbocycles. The Kier molecular flexibility index (Phi) is 13.2. The topological polar surface area (TPSA) is 80.7 Å². The van der Waals surface area contributed by atoms with Crippen LogP contribution in [-0.4, -0.2) is 43.1 Å². The van der Waals surface area contributed by atoms with Crippen LogP contribution in [0.5, 0.6) is 5.75 Å². The Morgan fingerprint density at radius 3 is 1.93 bits per heavy atom. The molecule has 0 radical (unpaired) electrons. The van der Waals surface area contributed by atoms with E-state index in [0.717, 1.165) is 99.9 Å². The molecule has 4 unspecified atom stereocenters. The SMILES string of the molecule is COc1ccc(C(=O)C[S+]2CCC(C3CCCCC3c3cc(C4CCCCC4)cc(C4CCCCC4)c3CCc3c(F)c(F)c(S(=O)(=O)O)c(F)c3F)C2)cc1. The molecule has 11 heteroatoms. The predicted octanol–water partition coefficient (Wildman–Crippen LogP) is 11.2. The van der Waals surface area contributed by atoms with E-state index in [0.29, 0.717) is 29.1 Å². The lowest BCUT2D eigenvalue weighted by Crippen LogP contribution is -2.29. The number of carbonyl (C=O) groups is 1. The minimum absolute atomic E-state index is 0.0323. The first-order valence-corrected chi connectivity index (χ1v) is 23.9. The van der Waals surface area contributed by atoms with Crippen molar-refractivity contribution < 1.29 is 40.1 Å². The molecular weight excluding hydrogens is 761 g/mol. The van der Waals surface area contributed by atoms with Gasteiger partial charge in [0.25, 0.3) is 0 Å². The minimum atomic E-state index is -5.55. The van der Waals surface area contributed by atoms with Gasteiger partial charge in [0.05, 0.1) is 7.11 Å². The molecule has 1 N–H and O–H groups in total. The average molecular weight is 816 g/mol. The van der Waals surface area contributed by atoms with Gasteiger partial charge in [-0.3, -0.25) is 9.35 Å². The van der Waals surface area contributed by atoms with Crippen LogP contribution in [0.4, 0.5) is 17.6 Å². The summed E-state index contributed by atoms with van der Waals surface area (Å²) in [7, 11) is -3.97. The third kappa shape index (κ3) is 8.90. The lowest BCUT2D eigenvalue weighted by atomic mass is 9.66. The Hall–Kier alpha value is -2.89. The quantitative estimate of drug-likeness (QED) is 0.0647. The maximum Gasteiger partial charge on any atom is 0.300 e. The van der Waals surface area contributed by atoms with Gasteiger partial charge in [-0.25, -0.2) is 17.6 Å². The lowest BCUT2D eigenvalue weighted by molar-refractivity contribution is 0.102. The second kappa shape index (κ2) is 17.9. The van der Waals surface area contributed by atoms with E-state index in [2.05, 4.69) is 12.1 Å². The van der Waals surface area contributed by atoms with E-state index in [1.807, 2.05) is 24.3 Å². The number of ketones is 1. The molecule has 0 amide bonds. The molecule has 5 nitrogen and oxygen atoms in total. The van der Waals surface area contributed by atoms with E-state index in [1.165, 1.54) is 36.0 Å². The van der Waals surface area contributed by atoms with Crippen LogP contribution in [0.2, 0.25) is 0 Å². The molecule has 3 aromatic carbocycles. The van der Waals surface area contributed by atoms with Crippen LogP contribution < -0.4 is 4.74 Å². The smallest absolute Gasteiger partial charge is 0.300 e. The van der Waals surface area contributed by atoms with Gasteiger partial charge in [0.2, 0.25) is 5.78 Å². The fourth-order valence-electron chi connectivity index (χ4n) is 10.6. The molecule has 1 saturated heterocycles. The van der Waals surface area contributed by atoms with Crippen molar-refractivity contribution >= 4 is 26.8 Å². The van der Waals surface area contributed by atoms with Crippen molar-refractivity contribution in [2.45, 2.75) is 132 Å². The number of Topliss-reactive ketones (excluding diaryl/α,β-unsaturated/α-hetero) is 1. The highest BCUT2D eigenvalue weighted by Crippen LogP contribution is 2.50. The molecular formula is C45H55F4O5S2+. The summed E-state index contributed by atoms with van der Waals surface area (Å²) in [4.78, 5) is 11.4. The van der Waals surface area contributed by atoms with Crippen molar-refractivity contribution in [3.8, 4) is 5.75 Å². The van der Waals surface area contributed by atoms with Crippen LogP contribution in [0, 0.1) is 35.1 Å². The first-order chi connectivity index (χ1) is 26.9. The summed E-state index contributed by atoms with van der Waals surface area (Å²) < 4.78 is 99.1. The molecule has 1 heterocycles. The average Bonchev–Trinajstić information content (AvgIpc) is 3.68. The molecule has 7 rings (SSSR count). The number of hydrogen-bond acceptors (Lipinski definition) is 4. The van der Waals surface area contributed by atoms with Crippen LogP contribution in [0.25, 0.3) is 0 Å². The van der Waals surface area contributed by atoms with Gasteiger partial charge in [0.1, 0.15) is 17.3 Å². The van der Waals surface area contributed by atoms with Crippen LogP contribution in [0.3, 0.4) is 0 Å². The Bertz CT molecular complexity index is 1960. The Labute approximate surface area is 332 Å². The van der Waals surface area contributed by atoms with Gasteiger partial charge in [0, 0.05) is 17.0 Å². The first-order valence-electron chi connectivity index (χ1n) is 20.7. The molecule has 56 heavy (non-hydrogen) atoms. The molecule has 0 aromatic heterocycles. The van der Waals surface area contributed by atoms with E-state index in [-0.39, 0.29) is 41.4 Å². The summed E-state index contributed by atoms with van der Waals surface area (Å²) in [5.74, 6) is -2.58. The molecule has 4 fully saturated rings. The van der Waals surface area contributed by atoms with Gasteiger partial charge in [-0.05, 0) is 139 Å². The fraction of sp³-hybridized carbons (Fsp3) is 0.578. The molecule has 304 valence electrons. The summed E-state index contributed by atoms with van der Waals surface area (Å²) in [6.45, 7) is 0. The van der Waals surface area contributed by atoms with Crippen LogP contribution in [0.1, 0.15) is 152 Å². The maximum absolute atomic E-state index is 15.5. The van der Waals surface area contributed by atoms with E-state index >= 15 is 17.6 Å². The van der Waals surface area contributed by atoms with Crippen LogP contribution >= 0.6 is 0 Å². The molecule has 1 aliphatic heterocycles. The van der Waals surface area contributed by atoms with Gasteiger partial charge >= 0.3 is 10.1 Å². The van der Waals surface area contributed by atoms with Crippen molar-refractivity contribution in [2.24, 2.45) is 11.8 Å². The number of rotatable bonds is 12. The molecule has 3 aromatic rings. The third-order valence-corrected chi connectivity index (χ3v) is 16.7. The second-order valence-corrected chi connectivity index (χ2v) is 20.4. The summed E-state index contributed by atoms with van der Waals surface area (Å²) in [6.07, 6.45) is 16.3. The van der Waals surface area contributed by atoms with Crippen molar-refractivity contribution in [1.29, 1.82) is 0 Å². The zero-order chi connectivity index (χ0) is 39.6. The Morgan fingerprint density at radius 1 is 0.732 bits per heavy atom. The van der Waals surface area contributed by atoms with E-state index in [1.54, 1.807) is 7.11 Å². The van der Waals surface area contributed by atoms with Crippen LogP contribution in [0.15, 0.2) is 41.3 Å². The fourth-order valence-corrected chi connectivity index (χ4v) is 13.8. The monoisotopic (exact) mass is 815 g/mol. The predicted molar refractivity (Wildman–Crippen MR) is 214 cm³/mol. The molecule has 0 spiro atoms. The van der Waals surface area contributed by atoms with Crippen molar-refractivity contribution in [3.63, 3.8) is 0 Å². The Morgan fingerprint density at radius 2 is 1.30 bits per heavy atom. The highest BCUT2D eigenvalue weighted by atomic mass is 32.2. The number of hydrogen-bond donors (Lipinski definition) is 1. The number of methoxy groups -OCH3 is 1. The largest absolute Gasteiger partial charge is 0.497 e. The van der Waals surface area contributed by atoms with E-state index in [4.69, 9.17) is 4.74 Å². The normalized spacial score (nSPS) is 24.0. The zero-order valence-corrected chi connectivity index (χ0v) is 34.0. The van der Waals surface area contributed by atoms with Gasteiger partial charge in [-0.15, -0.1) is 0 Å². The van der Waals surface area contributed by atoms with Crippen molar-refractivity contribution in [3.05, 3.63) is 93.0 Å². The summed E-state index contributed by atoms with van der Waals surface area (Å²) >= 11 is 0. The molecule has 3 aliphatic carbocycles. The highest BCUT2D eigenvalue weighted by molar-refractivity contribution is 7.97. The number of carbonyl (C=O) groups excluding carboxylic acids is 1. The second-order valence-electron chi connectivity index (χ2n) is 16.8. The molecule has 4 atom stereocenters. The minimum Gasteiger partial charge on any atom is -0.497 e. The van der Waals surface area contributed by atoms with Gasteiger partial charge in [-0.2, -0.15) is 8.42 Å². The third-order valence-electron chi connectivity index (χ3n) is 13.5. The maximum atomic E-state index is 15.5. The van der Waals surface area contributed by atoms with E-state index < -0.39 is 43.8 Å². The number of benzene rings is 3. The van der Waals surface area contributed by atoms with Gasteiger partial charge < -0.3 is 4.74 Å². The summed E-state index contributed by atoms with van der Waals surface area (Å²) in [6, 6.07) is 12.1. The summed E-state index contributed by atoms with van der Waals surface area (Å²) in [5.41, 5.74) is 4.66. The Balaban J connectivity index is 1.25. The molecule has 4 aliphatic rings. The standard InChI is InChI=1S/C45H54F4O5S2/c1-54-33-18-16-30(17-19-33)40(50)27-55-23-22-31(26-55)34-14-8-9-15-35(34)39-25-32(28-10-4-2-5-11-28)24-38(29-12-6-3-7-13-29)36(39)20-21-37-41(46)43(48)45(56(51,52)53)44(49)42(37)47/h16-19,24-25,28-29,31,34-35H,2-15,20-23,26-27H2,1H3/p+1. The van der Waals surface area contributed by atoms with Crippen LogP contribution in [-0.2, 0) is 33.9 Å².